The molecule has 0 amide bonds. The summed E-state index contributed by atoms with van der Waals surface area (Å²) in [5.74, 6) is 0. The van der Waals surface area contributed by atoms with Gasteiger partial charge < -0.3 is 11.5 Å². The number of aliphatic imine (C=N–C) groups is 1. The lowest BCUT2D eigenvalue weighted by atomic mass is 10.1. The van der Waals surface area contributed by atoms with Gasteiger partial charge in [0, 0.05) is 12.6 Å². The molecule has 1 unspecified atom stereocenters. The van der Waals surface area contributed by atoms with Crippen molar-refractivity contribution in [2.75, 3.05) is 6.54 Å². The Morgan fingerprint density at radius 1 is 1.73 bits per heavy atom. The third-order valence-corrected chi connectivity index (χ3v) is 1.54. The van der Waals surface area contributed by atoms with E-state index in [0.717, 1.165) is 25.0 Å². The van der Waals surface area contributed by atoms with Crippen LogP contribution in [0.4, 0.5) is 0 Å². The summed E-state index contributed by atoms with van der Waals surface area (Å²) in [4.78, 5) is 3.87. The maximum Gasteiger partial charge on any atom is 0.0797 e. The van der Waals surface area contributed by atoms with Crippen molar-refractivity contribution in [3.8, 4) is 0 Å². The lowest BCUT2D eigenvalue weighted by Gasteiger charge is -2.08. The molecule has 0 spiro atoms. The Bertz CT molecular complexity index is 140. The van der Waals surface area contributed by atoms with Crippen LogP contribution in [0.15, 0.2) is 17.1 Å². The Labute approximate surface area is 68.2 Å². The van der Waals surface area contributed by atoms with E-state index in [2.05, 4.69) is 11.6 Å². The normalized spacial score (nSPS) is 13.6. The van der Waals surface area contributed by atoms with Crippen LogP contribution in [0.2, 0.25) is 0 Å². The van der Waals surface area contributed by atoms with Crippen LogP contribution in [-0.4, -0.2) is 18.9 Å². The zero-order valence-corrected chi connectivity index (χ0v) is 7.09. The van der Waals surface area contributed by atoms with Crippen molar-refractivity contribution in [1.29, 1.82) is 0 Å². The van der Waals surface area contributed by atoms with Crippen LogP contribution >= 0.6 is 0 Å². The highest BCUT2D eigenvalue weighted by atomic mass is 14.8. The second kappa shape index (κ2) is 5.92. The predicted octanol–water partition coefficient (Wildman–Crippen LogP) is 0.657. The Hall–Kier alpha value is -0.830. The Morgan fingerprint density at radius 2 is 2.36 bits per heavy atom. The maximum absolute atomic E-state index is 5.72. The van der Waals surface area contributed by atoms with Gasteiger partial charge in [0.2, 0.25) is 0 Å². The van der Waals surface area contributed by atoms with Crippen molar-refractivity contribution >= 4 is 6.34 Å². The van der Waals surface area contributed by atoms with E-state index in [9.17, 15) is 0 Å². The Balaban J connectivity index is 3.31. The van der Waals surface area contributed by atoms with E-state index in [1.165, 1.54) is 6.34 Å². The van der Waals surface area contributed by atoms with Gasteiger partial charge in [-0.05, 0) is 19.8 Å². The lowest BCUT2D eigenvalue weighted by molar-refractivity contribution is 0.652. The van der Waals surface area contributed by atoms with Gasteiger partial charge in [0.05, 0.1) is 6.34 Å². The van der Waals surface area contributed by atoms with Crippen LogP contribution in [0.5, 0.6) is 0 Å². The van der Waals surface area contributed by atoms with Crippen molar-refractivity contribution in [2.45, 2.75) is 25.8 Å². The summed E-state index contributed by atoms with van der Waals surface area (Å²) in [6, 6.07) is 0.114. The fraction of sp³-hybridized carbons (Fsp3) is 0.625. The average molecular weight is 155 g/mol. The van der Waals surface area contributed by atoms with Crippen LogP contribution in [0.3, 0.4) is 0 Å². The molecule has 0 aromatic heterocycles. The number of rotatable bonds is 5. The summed E-state index contributed by atoms with van der Waals surface area (Å²) in [5.41, 5.74) is 11.8. The van der Waals surface area contributed by atoms with E-state index in [1.807, 2.05) is 6.92 Å². The molecule has 0 heterocycles. The average Bonchev–Trinajstić information content (AvgIpc) is 1.97. The molecule has 64 valence electrons. The molecular weight excluding hydrogens is 138 g/mol. The van der Waals surface area contributed by atoms with E-state index in [0.29, 0.717) is 0 Å². The molecule has 0 radical (unpaired) electrons. The molecule has 0 aromatic carbocycles. The van der Waals surface area contributed by atoms with Gasteiger partial charge in [0.25, 0.3) is 0 Å². The number of hydrogen-bond acceptors (Lipinski definition) is 2. The highest BCUT2D eigenvalue weighted by Gasteiger charge is 2.00. The fourth-order valence-electron chi connectivity index (χ4n) is 0.723. The van der Waals surface area contributed by atoms with Gasteiger partial charge in [-0.2, -0.15) is 0 Å². The molecular formula is C8H17N3. The molecule has 11 heavy (non-hydrogen) atoms. The van der Waals surface area contributed by atoms with E-state index in [4.69, 9.17) is 11.5 Å². The second-order valence-electron chi connectivity index (χ2n) is 2.65. The number of hydrogen-bond donors (Lipinski definition) is 2. The zero-order chi connectivity index (χ0) is 8.69. The molecule has 3 nitrogen and oxygen atoms in total. The molecule has 1 atom stereocenters. The number of nitrogens with two attached hydrogens (primary N) is 2. The first-order chi connectivity index (χ1) is 5.18. The van der Waals surface area contributed by atoms with E-state index in [1.54, 1.807) is 0 Å². The topological polar surface area (TPSA) is 64.4 Å². The van der Waals surface area contributed by atoms with Crippen molar-refractivity contribution < 1.29 is 0 Å². The third kappa shape index (κ3) is 5.61. The minimum absolute atomic E-state index is 0.114. The molecule has 0 aliphatic rings. The summed E-state index contributed by atoms with van der Waals surface area (Å²) in [7, 11) is 0. The van der Waals surface area contributed by atoms with Gasteiger partial charge in [-0.15, -0.1) is 0 Å². The van der Waals surface area contributed by atoms with Gasteiger partial charge >= 0.3 is 0 Å². The van der Waals surface area contributed by atoms with Crippen LogP contribution in [0, 0.1) is 0 Å². The molecule has 0 fully saturated rings. The molecule has 0 aliphatic carbocycles. The van der Waals surface area contributed by atoms with Crippen LogP contribution < -0.4 is 11.5 Å². The van der Waals surface area contributed by atoms with Gasteiger partial charge in [0.1, 0.15) is 0 Å². The van der Waals surface area contributed by atoms with Crippen molar-refractivity contribution in [1.82, 2.24) is 0 Å². The molecule has 0 saturated heterocycles. The second-order valence-corrected chi connectivity index (χ2v) is 2.65. The largest absolute Gasteiger partial charge is 0.390 e. The molecule has 0 aromatic rings. The molecule has 0 rings (SSSR count). The van der Waals surface area contributed by atoms with Gasteiger partial charge in [0.15, 0.2) is 0 Å². The first-order valence-corrected chi connectivity index (χ1v) is 3.79. The maximum atomic E-state index is 5.72. The molecule has 0 saturated carbocycles. The summed E-state index contributed by atoms with van der Waals surface area (Å²) in [5, 5.41) is 0. The molecule has 0 aliphatic heterocycles. The summed E-state index contributed by atoms with van der Waals surface area (Å²) in [6.45, 7) is 6.47. The minimum atomic E-state index is 0.114. The zero-order valence-electron chi connectivity index (χ0n) is 7.09. The highest BCUT2D eigenvalue weighted by molar-refractivity contribution is 5.50. The molecule has 0 bridgehead atoms. The van der Waals surface area contributed by atoms with E-state index in [-0.39, 0.29) is 6.04 Å². The van der Waals surface area contributed by atoms with Crippen LogP contribution in [0.25, 0.3) is 0 Å². The standard InChI is InChI=1S/C8H17N3/c1-7(2)8(10)4-3-5-11-6-9/h6,8H,1,3-5,10H2,2H3,(H2,9,11). The highest BCUT2D eigenvalue weighted by Crippen LogP contribution is 2.02. The Kier molecular flexibility index (Phi) is 5.47. The molecule has 4 N–H and O–H groups in total. The van der Waals surface area contributed by atoms with E-state index < -0.39 is 0 Å². The summed E-state index contributed by atoms with van der Waals surface area (Å²) >= 11 is 0. The van der Waals surface area contributed by atoms with Crippen LogP contribution in [0.1, 0.15) is 19.8 Å². The van der Waals surface area contributed by atoms with Crippen molar-refractivity contribution in [3.05, 3.63) is 12.2 Å². The summed E-state index contributed by atoms with van der Waals surface area (Å²) in [6.07, 6.45) is 3.24. The number of nitrogens with zero attached hydrogens (tertiary/aromatic N) is 1. The van der Waals surface area contributed by atoms with Gasteiger partial charge in [-0.1, -0.05) is 12.2 Å². The monoisotopic (exact) mass is 155 g/mol. The van der Waals surface area contributed by atoms with Crippen molar-refractivity contribution in [2.24, 2.45) is 16.5 Å². The van der Waals surface area contributed by atoms with E-state index >= 15 is 0 Å². The van der Waals surface area contributed by atoms with Gasteiger partial charge in [-0.25, -0.2) is 0 Å². The van der Waals surface area contributed by atoms with Gasteiger partial charge in [-0.3, -0.25) is 4.99 Å². The third-order valence-electron chi connectivity index (χ3n) is 1.54. The predicted molar refractivity (Wildman–Crippen MR) is 49.6 cm³/mol. The fourth-order valence-corrected chi connectivity index (χ4v) is 0.723. The van der Waals surface area contributed by atoms with Crippen molar-refractivity contribution in [3.63, 3.8) is 0 Å². The first-order valence-electron chi connectivity index (χ1n) is 3.79. The lowest BCUT2D eigenvalue weighted by Crippen LogP contribution is -2.20. The smallest absolute Gasteiger partial charge is 0.0797 e. The minimum Gasteiger partial charge on any atom is -0.390 e. The summed E-state index contributed by atoms with van der Waals surface area (Å²) < 4.78 is 0. The Morgan fingerprint density at radius 3 is 2.82 bits per heavy atom. The first kappa shape index (κ1) is 10.2. The van der Waals surface area contributed by atoms with Crippen LogP contribution in [-0.2, 0) is 0 Å². The molecule has 3 heteroatoms. The quantitative estimate of drug-likeness (QED) is 0.265. The SMILES string of the molecule is C=C(C)C(N)CCCN=CN.